The number of ether oxygens (including phenoxy) is 2. The van der Waals surface area contributed by atoms with E-state index in [1.54, 1.807) is 0 Å². The molecule has 0 aromatic carbocycles. The molecule has 4 heteroatoms. The molecule has 1 unspecified atom stereocenters. The van der Waals surface area contributed by atoms with Crippen LogP contribution >= 0.6 is 0 Å². The van der Waals surface area contributed by atoms with Gasteiger partial charge < -0.3 is 14.6 Å². The highest BCUT2D eigenvalue weighted by Crippen LogP contribution is 2.13. The molecule has 1 atom stereocenters. The third-order valence-corrected chi connectivity index (χ3v) is 9.39. The molecule has 0 amide bonds. The van der Waals surface area contributed by atoms with Gasteiger partial charge in [0, 0.05) is 13.0 Å². The molecular weight excluding hydrogens is 677 g/mol. The van der Waals surface area contributed by atoms with Crippen molar-refractivity contribution in [3.63, 3.8) is 0 Å². The summed E-state index contributed by atoms with van der Waals surface area (Å²) in [5, 5.41) is 9.62. The Kier molecular flexibility index (Phi) is 45.1. The van der Waals surface area contributed by atoms with Crippen LogP contribution in [-0.4, -0.2) is 37.0 Å². The Morgan fingerprint density at radius 2 is 0.818 bits per heavy atom. The minimum absolute atomic E-state index is 0.193. The zero-order valence-electron chi connectivity index (χ0n) is 35.9. The molecule has 0 bridgehead atoms. The third-order valence-electron chi connectivity index (χ3n) is 9.39. The van der Waals surface area contributed by atoms with Crippen molar-refractivity contribution in [1.29, 1.82) is 0 Å². The summed E-state index contributed by atoms with van der Waals surface area (Å²) in [6.07, 6.45) is 67.6. The second kappa shape index (κ2) is 47.5. The topological polar surface area (TPSA) is 55.8 Å². The molecule has 0 aromatic rings. The van der Waals surface area contributed by atoms with Crippen LogP contribution in [-0.2, 0) is 14.3 Å². The summed E-state index contributed by atoms with van der Waals surface area (Å²) in [6.45, 7) is 5.13. The highest BCUT2D eigenvalue weighted by molar-refractivity contribution is 5.69. The van der Waals surface area contributed by atoms with Gasteiger partial charge >= 0.3 is 5.97 Å². The molecule has 314 valence electrons. The van der Waals surface area contributed by atoms with Crippen LogP contribution in [0, 0.1) is 0 Å². The Morgan fingerprint density at radius 3 is 1.24 bits per heavy atom. The molecule has 0 aliphatic carbocycles. The van der Waals surface area contributed by atoms with E-state index in [2.05, 4.69) is 111 Å². The summed E-state index contributed by atoms with van der Waals surface area (Å²) >= 11 is 0. The van der Waals surface area contributed by atoms with Crippen LogP contribution in [0.4, 0.5) is 0 Å². The van der Waals surface area contributed by atoms with Gasteiger partial charge in [-0.25, -0.2) is 0 Å². The van der Waals surface area contributed by atoms with Gasteiger partial charge in [-0.1, -0.05) is 188 Å². The summed E-state index contributed by atoms with van der Waals surface area (Å²) in [7, 11) is 0. The fourth-order valence-electron chi connectivity index (χ4n) is 6.01. The number of aliphatic hydroxyl groups excluding tert-OH is 1. The number of hydrogen-bond donors (Lipinski definition) is 1. The fraction of sp³-hybridized carbons (Fsp3) is 0.667. The maximum Gasteiger partial charge on any atom is 0.306 e. The van der Waals surface area contributed by atoms with Crippen LogP contribution < -0.4 is 0 Å². The van der Waals surface area contributed by atoms with Gasteiger partial charge in [0.15, 0.2) is 0 Å². The molecule has 0 saturated carbocycles. The smallest absolute Gasteiger partial charge is 0.306 e. The summed E-state index contributed by atoms with van der Waals surface area (Å²) in [6, 6.07) is 0. The van der Waals surface area contributed by atoms with Gasteiger partial charge in [-0.15, -0.1) is 0 Å². The third kappa shape index (κ3) is 45.6. The number of allylic oxidation sites excluding steroid dienone is 16. The normalized spacial score (nSPS) is 13.3. The van der Waals surface area contributed by atoms with Crippen LogP contribution in [0.2, 0.25) is 0 Å². The highest BCUT2D eigenvalue weighted by Gasteiger charge is 2.13. The number of carbonyl (C=O) groups is 1. The van der Waals surface area contributed by atoms with Crippen molar-refractivity contribution in [2.45, 2.75) is 200 Å². The van der Waals surface area contributed by atoms with Crippen molar-refractivity contribution in [1.82, 2.24) is 0 Å². The fourth-order valence-corrected chi connectivity index (χ4v) is 6.01. The molecule has 0 aliphatic rings. The van der Waals surface area contributed by atoms with Gasteiger partial charge in [0.05, 0.1) is 13.2 Å². The second-order valence-electron chi connectivity index (χ2n) is 14.7. The standard InChI is InChI=1S/C51H86O4/c1-3-5-7-9-11-13-15-17-19-21-23-25-27-29-31-33-35-37-39-41-43-45-47-54-49-50(48-52)55-51(53)46-44-42-40-38-36-34-32-30-28-26-24-22-20-18-16-14-12-10-8-6-4-2/h5,7,11,13,16-19,22-25,29,31,35,37,50,52H,3-4,6,8-10,12,14-15,20-21,26-28,30,32-34,36,38-49H2,1-2H3/b7-5-,13-11-,18-16-,19-17-,24-22-,25-23-,31-29-,37-35-. The average molecular weight is 763 g/mol. The molecular formula is C51H86O4. The molecule has 1 N–H and O–H groups in total. The first-order valence-electron chi connectivity index (χ1n) is 22.8. The monoisotopic (exact) mass is 763 g/mol. The molecule has 0 fully saturated rings. The largest absolute Gasteiger partial charge is 0.457 e. The van der Waals surface area contributed by atoms with E-state index in [1.165, 1.54) is 89.9 Å². The van der Waals surface area contributed by atoms with Gasteiger partial charge in [-0.3, -0.25) is 4.79 Å². The van der Waals surface area contributed by atoms with Crippen LogP contribution in [0.3, 0.4) is 0 Å². The van der Waals surface area contributed by atoms with Crippen LogP contribution in [0.25, 0.3) is 0 Å². The Labute approximate surface area is 341 Å². The maximum atomic E-state index is 12.2. The first-order valence-corrected chi connectivity index (χ1v) is 22.8. The zero-order chi connectivity index (χ0) is 39.8. The van der Waals surface area contributed by atoms with Gasteiger partial charge in [-0.05, 0) is 96.3 Å². The quantitative estimate of drug-likeness (QED) is 0.0383. The first kappa shape index (κ1) is 52.3. The maximum absolute atomic E-state index is 12.2. The van der Waals surface area contributed by atoms with E-state index < -0.39 is 6.10 Å². The molecule has 4 nitrogen and oxygen atoms in total. The molecule has 0 aromatic heterocycles. The Hall–Kier alpha value is -2.69. The summed E-state index contributed by atoms with van der Waals surface area (Å²) in [5.41, 5.74) is 0. The van der Waals surface area contributed by atoms with E-state index in [1.807, 2.05) is 0 Å². The van der Waals surface area contributed by atoms with E-state index in [0.29, 0.717) is 13.0 Å². The van der Waals surface area contributed by atoms with Gasteiger partial charge in [0.2, 0.25) is 0 Å². The van der Waals surface area contributed by atoms with Crippen molar-refractivity contribution in [3.8, 4) is 0 Å². The lowest BCUT2D eigenvalue weighted by Gasteiger charge is -2.15. The predicted molar refractivity (Wildman–Crippen MR) is 242 cm³/mol. The van der Waals surface area contributed by atoms with E-state index in [9.17, 15) is 9.90 Å². The van der Waals surface area contributed by atoms with Crippen molar-refractivity contribution >= 4 is 5.97 Å². The van der Waals surface area contributed by atoms with E-state index >= 15 is 0 Å². The number of rotatable bonds is 41. The number of carbonyl (C=O) groups excluding carboxylic acids is 1. The Morgan fingerprint density at radius 1 is 0.455 bits per heavy atom. The van der Waals surface area contributed by atoms with Crippen LogP contribution in [0.5, 0.6) is 0 Å². The SMILES string of the molecule is CC/C=C\C/C=C\C/C=C\C/C=C\C/C=C\C/C=C\CCCCCOCC(CO)OC(=O)CCCCCCCCCCC/C=C\C/C=C\CCCCCCC. The first-order chi connectivity index (χ1) is 27.2. The minimum atomic E-state index is -0.561. The molecule has 0 spiro atoms. The lowest BCUT2D eigenvalue weighted by molar-refractivity contribution is -0.154. The van der Waals surface area contributed by atoms with Crippen molar-refractivity contribution in [3.05, 3.63) is 97.2 Å². The van der Waals surface area contributed by atoms with Crippen molar-refractivity contribution in [2.24, 2.45) is 0 Å². The molecule has 55 heavy (non-hydrogen) atoms. The van der Waals surface area contributed by atoms with E-state index in [-0.39, 0.29) is 19.2 Å². The number of hydrogen-bond acceptors (Lipinski definition) is 4. The Balaban J connectivity index is 3.55. The molecule has 0 heterocycles. The van der Waals surface area contributed by atoms with Gasteiger partial charge in [-0.2, -0.15) is 0 Å². The Bertz CT molecular complexity index is 1030. The highest BCUT2D eigenvalue weighted by atomic mass is 16.6. The lowest BCUT2D eigenvalue weighted by atomic mass is 10.1. The lowest BCUT2D eigenvalue weighted by Crippen LogP contribution is -2.27. The summed E-state index contributed by atoms with van der Waals surface area (Å²) < 4.78 is 11.1. The summed E-state index contributed by atoms with van der Waals surface area (Å²) in [4.78, 5) is 12.2. The van der Waals surface area contributed by atoms with Gasteiger partial charge in [0.1, 0.15) is 6.10 Å². The molecule has 0 aliphatic heterocycles. The molecule has 0 saturated heterocycles. The molecule has 0 rings (SSSR count). The predicted octanol–water partition coefficient (Wildman–Crippen LogP) is 15.3. The zero-order valence-corrected chi connectivity index (χ0v) is 35.9. The summed E-state index contributed by atoms with van der Waals surface area (Å²) in [5.74, 6) is -0.220. The van der Waals surface area contributed by atoms with E-state index in [4.69, 9.17) is 9.47 Å². The van der Waals surface area contributed by atoms with Gasteiger partial charge in [0.25, 0.3) is 0 Å². The minimum Gasteiger partial charge on any atom is -0.457 e. The van der Waals surface area contributed by atoms with E-state index in [0.717, 1.165) is 83.5 Å². The molecule has 0 radical (unpaired) electrons. The van der Waals surface area contributed by atoms with Crippen molar-refractivity contribution < 1.29 is 19.4 Å². The van der Waals surface area contributed by atoms with Crippen LogP contribution in [0.15, 0.2) is 97.2 Å². The second-order valence-corrected chi connectivity index (χ2v) is 14.7. The number of unbranched alkanes of at least 4 members (excludes halogenated alkanes) is 17. The number of esters is 1. The van der Waals surface area contributed by atoms with Crippen LogP contribution in [0.1, 0.15) is 194 Å². The van der Waals surface area contributed by atoms with Crippen molar-refractivity contribution in [2.75, 3.05) is 19.8 Å². The average Bonchev–Trinajstić information content (AvgIpc) is 3.19. The number of aliphatic hydroxyl groups is 1.